The molecule has 0 radical (unpaired) electrons. The van der Waals surface area contributed by atoms with E-state index in [1.165, 1.54) is 0 Å². The SMILES string of the molecule is CNC(CC1CCCCO1)c1ccc(C)c(F)c1F. The number of halogens is 2. The first kappa shape index (κ1) is 14.4. The molecule has 2 unspecified atom stereocenters. The maximum Gasteiger partial charge on any atom is 0.163 e. The van der Waals surface area contributed by atoms with Crippen LogP contribution in [0.5, 0.6) is 0 Å². The van der Waals surface area contributed by atoms with Gasteiger partial charge in [-0.25, -0.2) is 8.78 Å². The summed E-state index contributed by atoms with van der Waals surface area (Å²) in [7, 11) is 1.77. The molecule has 2 nitrogen and oxygen atoms in total. The molecule has 1 heterocycles. The third-order valence-electron chi connectivity index (χ3n) is 3.80. The van der Waals surface area contributed by atoms with Gasteiger partial charge in [0.15, 0.2) is 11.6 Å². The molecule has 19 heavy (non-hydrogen) atoms. The lowest BCUT2D eigenvalue weighted by Gasteiger charge is -2.27. The fourth-order valence-electron chi connectivity index (χ4n) is 2.59. The molecule has 1 aromatic rings. The van der Waals surface area contributed by atoms with Gasteiger partial charge in [-0.05, 0) is 45.2 Å². The minimum absolute atomic E-state index is 0.134. The van der Waals surface area contributed by atoms with Crippen molar-refractivity contribution in [3.8, 4) is 0 Å². The Morgan fingerprint density at radius 3 is 2.74 bits per heavy atom. The predicted molar refractivity (Wildman–Crippen MR) is 71.1 cm³/mol. The van der Waals surface area contributed by atoms with Crippen molar-refractivity contribution in [1.82, 2.24) is 5.32 Å². The standard InChI is InChI=1S/C15H21F2NO/c1-10-6-7-12(15(17)14(10)16)13(18-2)9-11-5-3-4-8-19-11/h6-7,11,13,18H,3-5,8-9H2,1-2H3. The second-order valence-corrected chi connectivity index (χ2v) is 5.17. The van der Waals surface area contributed by atoms with E-state index < -0.39 is 11.6 Å². The Morgan fingerprint density at radius 1 is 1.32 bits per heavy atom. The number of rotatable bonds is 4. The van der Waals surface area contributed by atoms with Gasteiger partial charge in [0.1, 0.15) is 0 Å². The van der Waals surface area contributed by atoms with E-state index in [0.717, 1.165) is 25.9 Å². The summed E-state index contributed by atoms with van der Waals surface area (Å²) in [6.45, 7) is 2.34. The molecule has 1 fully saturated rings. The van der Waals surface area contributed by atoms with Crippen molar-refractivity contribution >= 4 is 0 Å². The van der Waals surface area contributed by atoms with Crippen LogP contribution in [-0.4, -0.2) is 19.8 Å². The third-order valence-corrected chi connectivity index (χ3v) is 3.80. The molecule has 1 aliphatic heterocycles. The van der Waals surface area contributed by atoms with Crippen LogP contribution in [-0.2, 0) is 4.74 Å². The molecule has 1 aromatic carbocycles. The minimum Gasteiger partial charge on any atom is -0.378 e. The van der Waals surface area contributed by atoms with Crippen molar-refractivity contribution in [2.45, 2.75) is 44.8 Å². The number of nitrogens with one attached hydrogen (secondary N) is 1. The first-order valence-corrected chi connectivity index (χ1v) is 6.87. The van der Waals surface area contributed by atoms with Gasteiger partial charge in [0.05, 0.1) is 6.10 Å². The molecule has 0 aromatic heterocycles. The van der Waals surface area contributed by atoms with E-state index in [2.05, 4.69) is 5.32 Å². The van der Waals surface area contributed by atoms with E-state index in [1.54, 1.807) is 26.1 Å². The number of aryl methyl sites for hydroxylation is 1. The van der Waals surface area contributed by atoms with Crippen molar-refractivity contribution in [1.29, 1.82) is 0 Å². The lowest BCUT2D eigenvalue weighted by Crippen LogP contribution is -2.27. The monoisotopic (exact) mass is 269 g/mol. The summed E-state index contributed by atoms with van der Waals surface area (Å²) in [6.07, 6.45) is 4.04. The van der Waals surface area contributed by atoms with Crippen LogP contribution in [0, 0.1) is 18.6 Å². The van der Waals surface area contributed by atoms with Crippen LogP contribution < -0.4 is 5.32 Å². The van der Waals surface area contributed by atoms with Crippen LogP contribution in [0.3, 0.4) is 0 Å². The highest BCUT2D eigenvalue weighted by Gasteiger charge is 2.23. The molecule has 1 aliphatic rings. The lowest BCUT2D eigenvalue weighted by atomic mass is 9.95. The maximum atomic E-state index is 14.0. The third kappa shape index (κ3) is 3.31. The Kier molecular flexibility index (Phi) is 4.88. The zero-order chi connectivity index (χ0) is 13.8. The molecule has 106 valence electrons. The molecular formula is C15H21F2NO. The molecule has 1 N–H and O–H groups in total. The molecule has 0 bridgehead atoms. The van der Waals surface area contributed by atoms with Crippen molar-refractivity contribution in [2.75, 3.05) is 13.7 Å². The van der Waals surface area contributed by atoms with Crippen LogP contribution in [0.25, 0.3) is 0 Å². The molecule has 2 rings (SSSR count). The van der Waals surface area contributed by atoms with E-state index in [-0.39, 0.29) is 12.1 Å². The fourth-order valence-corrected chi connectivity index (χ4v) is 2.59. The minimum atomic E-state index is -0.748. The first-order chi connectivity index (χ1) is 9.13. The number of benzene rings is 1. The summed E-state index contributed by atoms with van der Waals surface area (Å²) in [5, 5.41) is 3.07. The molecular weight excluding hydrogens is 248 g/mol. The average molecular weight is 269 g/mol. The zero-order valence-corrected chi connectivity index (χ0v) is 11.5. The Bertz CT molecular complexity index is 430. The fraction of sp³-hybridized carbons (Fsp3) is 0.600. The number of hydrogen-bond acceptors (Lipinski definition) is 2. The molecule has 0 spiro atoms. The van der Waals surface area contributed by atoms with Crippen molar-refractivity contribution in [3.63, 3.8) is 0 Å². The largest absolute Gasteiger partial charge is 0.378 e. The van der Waals surface area contributed by atoms with E-state index >= 15 is 0 Å². The van der Waals surface area contributed by atoms with Gasteiger partial charge in [-0.15, -0.1) is 0 Å². The van der Waals surface area contributed by atoms with Gasteiger partial charge in [0, 0.05) is 18.2 Å². The highest BCUT2D eigenvalue weighted by atomic mass is 19.2. The van der Waals surface area contributed by atoms with Crippen LogP contribution in [0.2, 0.25) is 0 Å². The average Bonchev–Trinajstić information content (AvgIpc) is 2.44. The predicted octanol–water partition coefficient (Wildman–Crippen LogP) is 3.49. The second kappa shape index (κ2) is 6.44. The Hall–Kier alpha value is -1.00. The molecule has 0 amide bonds. The summed E-state index contributed by atoms with van der Waals surface area (Å²) < 4.78 is 33.3. The summed E-state index contributed by atoms with van der Waals surface area (Å²) >= 11 is 0. The van der Waals surface area contributed by atoms with Gasteiger partial charge >= 0.3 is 0 Å². The van der Waals surface area contributed by atoms with Crippen molar-refractivity contribution < 1.29 is 13.5 Å². The summed E-state index contributed by atoms with van der Waals surface area (Å²) in [5.41, 5.74) is 0.727. The smallest absolute Gasteiger partial charge is 0.163 e. The topological polar surface area (TPSA) is 21.3 Å². The Balaban J connectivity index is 2.14. The van der Waals surface area contributed by atoms with E-state index in [1.807, 2.05) is 0 Å². The summed E-state index contributed by atoms with van der Waals surface area (Å²) in [6, 6.07) is 3.08. The molecule has 0 saturated carbocycles. The van der Waals surface area contributed by atoms with Crippen molar-refractivity contribution in [2.24, 2.45) is 0 Å². The Labute approximate surface area is 113 Å². The highest BCUT2D eigenvalue weighted by Crippen LogP contribution is 2.28. The van der Waals surface area contributed by atoms with Crippen LogP contribution in [0.15, 0.2) is 12.1 Å². The van der Waals surface area contributed by atoms with Gasteiger partial charge in [-0.3, -0.25) is 0 Å². The van der Waals surface area contributed by atoms with E-state index in [4.69, 9.17) is 4.74 Å². The van der Waals surface area contributed by atoms with E-state index in [0.29, 0.717) is 17.5 Å². The summed E-state index contributed by atoms with van der Waals surface area (Å²) in [5.74, 6) is -1.49. The molecule has 0 aliphatic carbocycles. The first-order valence-electron chi connectivity index (χ1n) is 6.87. The van der Waals surface area contributed by atoms with Crippen molar-refractivity contribution in [3.05, 3.63) is 34.9 Å². The molecule has 1 saturated heterocycles. The normalized spacial score (nSPS) is 21.4. The number of ether oxygens (including phenoxy) is 1. The van der Waals surface area contributed by atoms with Gasteiger partial charge in [0.2, 0.25) is 0 Å². The maximum absolute atomic E-state index is 14.0. The lowest BCUT2D eigenvalue weighted by molar-refractivity contribution is 0.00526. The number of hydrogen-bond donors (Lipinski definition) is 1. The second-order valence-electron chi connectivity index (χ2n) is 5.17. The Morgan fingerprint density at radius 2 is 2.11 bits per heavy atom. The van der Waals surface area contributed by atoms with Crippen LogP contribution in [0.1, 0.15) is 42.9 Å². The zero-order valence-electron chi connectivity index (χ0n) is 11.5. The van der Waals surface area contributed by atoms with Crippen LogP contribution >= 0.6 is 0 Å². The van der Waals surface area contributed by atoms with Crippen LogP contribution in [0.4, 0.5) is 8.78 Å². The highest BCUT2D eigenvalue weighted by molar-refractivity contribution is 5.28. The summed E-state index contributed by atoms with van der Waals surface area (Å²) in [4.78, 5) is 0. The van der Waals surface area contributed by atoms with Gasteiger partial charge < -0.3 is 10.1 Å². The van der Waals surface area contributed by atoms with E-state index in [9.17, 15) is 8.78 Å². The van der Waals surface area contributed by atoms with Gasteiger partial charge in [-0.2, -0.15) is 0 Å². The van der Waals surface area contributed by atoms with Gasteiger partial charge in [-0.1, -0.05) is 12.1 Å². The quantitative estimate of drug-likeness (QED) is 0.903. The molecule has 2 atom stereocenters. The van der Waals surface area contributed by atoms with Gasteiger partial charge in [0.25, 0.3) is 0 Å². The molecule has 4 heteroatoms.